The summed E-state index contributed by atoms with van der Waals surface area (Å²) >= 11 is 1.51. The lowest BCUT2D eigenvalue weighted by molar-refractivity contribution is -0.192. The number of thiazole rings is 1. The number of carbonyl (C=O) groups excluding carboxylic acids is 1. The van der Waals surface area contributed by atoms with Crippen molar-refractivity contribution in [3.63, 3.8) is 0 Å². The average Bonchev–Trinajstić information content (AvgIpc) is 3.47. The Bertz CT molecular complexity index is 940. The Morgan fingerprint density at radius 1 is 1.44 bits per heavy atom. The molecule has 0 aromatic carbocycles. The molecule has 4 rings (SSSR count). The molecule has 2 fully saturated rings. The van der Waals surface area contributed by atoms with Crippen LogP contribution in [0.3, 0.4) is 0 Å². The largest absolute Gasteiger partial charge is 0.490 e. The van der Waals surface area contributed by atoms with Crippen LogP contribution in [0.4, 0.5) is 13.2 Å². The van der Waals surface area contributed by atoms with Crippen LogP contribution in [0, 0.1) is 6.92 Å². The lowest BCUT2D eigenvalue weighted by atomic mass is 9.98. The second kappa shape index (κ2) is 9.92. The number of amides is 1. The molecule has 2 aromatic rings. The van der Waals surface area contributed by atoms with Gasteiger partial charge in [0, 0.05) is 30.7 Å². The zero-order valence-corrected chi connectivity index (χ0v) is 18.0. The maximum absolute atomic E-state index is 12.6. The molecule has 2 atom stereocenters. The molecule has 0 saturated carbocycles. The number of aryl methyl sites for hydroxylation is 1. The van der Waals surface area contributed by atoms with Gasteiger partial charge in [-0.05, 0) is 25.0 Å². The van der Waals surface area contributed by atoms with Gasteiger partial charge in [-0.1, -0.05) is 6.07 Å². The van der Waals surface area contributed by atoms with Crippen LogP contribution in [0.15, 0.2) is 29.9 Å². The van der Waals surface area contributed by atoms with Gasteiger partial charge >= 0.3 is 12.1 Å². The van der Waals surface area contributed by atoms with E-state index in [0.717, 1.165) is 23.4 Å². The van der Waals surface area contributed by atoms with Crippen molar-refractivity contribution in [2.24, 2.45) is 0 Å². The maximum atomic E-state index is 12.6. The quantitative estimate of drug-likeness (QED) is 0.728. The SMILES string of the molecule is Cc1nc(C(=O)N2CC[C@]3(C[C@H](OCc4cccnc4)CO3)C2)cs1.O=C(O)C(F)(F)F. The summed E-state index contributed by atoms with van der Waals surface area (Å²) in [6, 6.07) is 3.91. The van der Waals surface area contributed by atoms with Gasteiger partial charge in [0.25, 0.3) is 5.91 Å². The zero-order valence-electron chi connectivity index (χ0n) is 17.2. The van der Waals surface area contributed by atoms with Gasteiger partial charge in [0.2, 0.25) is 0 Å². The van der Waals surface area contributed by atoms with Crippen LogP contribution in [0.2, 0.25) is 0 Å². The normalized spacial score (nSPS) is 22.6. The summed E-state index contributed by atoms with van der Waals surface area (Å²) in [4.78, 5) is 31.7. The first kappa shape index (κ1) is 24.1. The van der Waals surface area contributed by atoms with Crippen molar-refractivity contribution in [3.05, 3.63) is 46.2 Å². The Labute approximate surface area is 186 Å². The number of carboxylic acid groups (broad SMARTS) is 1. The number of pyridine rings is 1. The number of ether oxygens (including phenoxy) is 2. The fraction of sp³-hybridized carbons (Fsp3) is 0.500. The molecule has 32 heavy (non-hydrogen) atoms. The molecule has 0 unspecified atom stereocenters. The van der Waals surface area contributed by atoms with Gasteiger partial charge in [0.1, 0.15) is 5.69 Å². The molecule has 1 spiro atoms. The van der Waals surface area contributed by atoms with Crippen molar-refractivity contribution in [2.45, 2.75) is 44.3 Å². The van der Waals surface area contributed by atoms with E-state index in [-0.39, 0.29) is 17.6 Å². The van der Waals surface area contributed by atoms with Crippen LogP contribution < -0.4 is 0 Å². The highest BCUT2D eigenvalue weighted by molar-refractivity contribution is 7.09. The number of alkyl halides is 3. The fourth-order valence-electron chi connectivity index (χ4n) is 3.53. The Morgan fingerprint density at radius 2 is 2.19 bits per heavy atom. The van der Waals surface area contributed by atoms with Crippen molar-refractivity contribution in [1.82, 2.24) is 14.9 Å². The molecule has 4 heterocycles. The average molecular weight is 473 g/mol. The second-order valence-electron chi connectivity index (χ2n) is 7.52. The highest BCUT2D eigenvalue weighted by Crippen LogP contribution is 2.37. The summed E-state index contributed by atoms with van der Waals surface area (Å²) in [5, 5.41) is 9.87. The number of aromatic nitrogens is 2. The Hall–Kier alpha value is -2.57. The number of nitrogens with zero attached hydrogens (tertiary/aromatic N) is 3. The first-order chi connectivity index (χ1) is 15.1. The standard InChI is InChI=1S/C18H21N3O3S.C2HF3O2/c1-13-20-16(11-25-13)17(22)21-6-4-18(12-21)7-15(10-24-18)23-9-14-3-2-5-19-8-14;3-2(4,5)1(6)7/h2-3,5,8,11,15H,4,6-7,9-10,12H2,1H3;(H,6,7)/t15-,18-;/m0./s1. The second-order valence-corrected chi connectivity index (χ2v) is 8.59. The van der Waals surface area contributed by atoms with E-state index in [1.807, 2.05) is 35.5 Å². The maximum Gasteiger partial charge on any atom is 0.490 e. The third-order valence-corrected chi connectivity index (χ3v) is 5.84. The minimum Gasteiger partial charge on any atom is -0.475 e. The van der Waals surface area contributed by atoms with Crippen molar-refractivity contribution in [1.29, 1.82) is 0 Å². The smallest absolute Gasteiger partial charge is 0.475 e. The number of rotatable bonds is 4. The van der Waals surface area contributed by atoms with Gasteiger partial charge < -0.3 is 19.5 Å². The summed E-state index contributed by atoms with van der Waals surface area (Å²) in [5.74, 6) is -2.75. The number of hydrogen-bond acceptors (Lipinski definition) is 7. The molecule has 0 aliphatic carbocycles. The third-order valence-electron chi connectivity index (χ3n) is 5.07. The minimum absolute atomic E-state index is 0.00422. The Balaban J connectivity index is 0.000000360. The number of carbonyl (C=O) groups is 2. The predicted octanol–water partition coefficient (Wildman–Crippen LogP) is 3.07. The first-order valence-corrected chi connectivity index (χ1v) is 10.6. The van der Waals surface area contributed by atoms with Crippen LogP contribution >= 0.6 is 11.3 Å². The Morgan fingerprint density at radius 3 is 2.78 bits per heavy atom. The molecule has 2 saturated heterocycles. The van der Waals surface area contributed by atoms with Gasteiger partial charge in [-0.25, -0.2) is 9.78 Å². The van der Waals surface area contributed by atoms with Crippen molar-refractivity contribution < 1.29 is 37.3 Å². The number of carboxylic acids is 1. The number of halogens is 3. The minimum atomic E-state index is -5.08. The van der Waals surface area contributed by atoms with E-state index in [1.54, 1.807) is 6.20 Å². The summed E-state index contributed by atoms with van der Waals surface area (Å²) in [6.45, 7) is 4.37. The lowest BCUT2D eigenvalue weighted by Gasteiger charge is -2.23. The van der Waals surface area contributed by atoms with Gasteiger partial charge in [0.05, 0.1) is 36.5 Å². The van der Waals surface area contributed by atoms with E-state index in [1.165, 1.54) is 11.3 Å². The van der Waals surface area contributed by atoms with Crippen LogP contribution in [0.1, 0.15) is 33.9 Å². The van der Waals surface area contributed by atoms with Gasteiger partial charge in [-0.3, -0.25) is 9.78 Å². The molecule has 1 N–H and O–H groups in total. The van der Waals surface area contributed by atoms with E-state index in [9.17, 15) is 18.0 Å². The van der Waals surface area contributed by atoms with Gasteiger partial charge in [-0.2, -0.15) is 13.2 Å². The monoisotopic (exact) mass is 473 g/mol. The lowest BCUT2D eigenvalue weighted by Crippen LogP contribution is -2.36. The molecule has 8 nitrogen and oxygen atoms in total. The highest BCUT2D eigenvalue weighted by atomic mass is 32.1. The molecule has 0 bridgehead atoms. The van der Waals surface area contributed by atoms with Crippen molar-refractivity contribution in [2.75, 3.05) is 19.7 Å². The molecule has 2 aliphatic heterocycles. The van der Waals surface area contributed by atoms with E-state index in [0.29, 0.717) is 32.0 Å². The summed E-state index contributed by atoms with van der Waals surface area (Å²) < 4.78 is 43.8. The predicted molar refractivity (Wildman–Crippen MR) is 107 cm³/mol. The number of likely N-dealkylation sites (tertiary alicyclic amines) is 1. The molecule has 0 radical (unpaired) electrons. The number of aliphatic carboxylic acids is 1. The van der Waals surface area contributed by atoms with E-state index in [4.69, 9.17) is 19.4 Å². The summed E-state index contributed by atoms with van der Waals surface area (Å²) in [5.41, 5.74) is 1.34. The molecule has 12 heteroatoms. The summed E-state index contributed by atoms with van der Waals surface area (Å²) in [7, 11) is 0. The molecule has 2 aliphatic rings. The topological polar surface area (TPSA) is 102 Å². The first-order valence-electron chi connectivity index (χ1n) is 9.74. The van der Waals surface area contributed by atoms with Crippen molar-refractivity contribution >= 4 is 23.2 Å². The van der Waals surface area contributed by atoms with E-state index >= 15 is 0 Å². The Kier molecular flexibility index (Phi) is 7.47. The third kappa shape index (κ3) is 6.24. The molecular formula is C20H22F3N3O5S. The molecule has 174 valence electrons. The van der Waals surface area contributed by atoms with Crippen LogP contribution in [-0.4, -0.2) is 69.4 Å². The van der Waals surface area contributed by atoms with Gasteiger partial charge in [-0.15, -0.1) is 11.3 Å². The fourth-order valence-corrected chi connectivity index (χ4v) is 4.12. The highest BCUT2D eigenvalue weighted by Gasteiger charge is 2.47. The van der Waals surface area contributed by atoms with Crippen LogP contribution in [0.5, 0.6) is 0 Å². The van der Waals surface area contributed by atoms with Gasteiger partial charge in [0.15, 0.2) is 0 Å². The van der Waals surface area contributed by atoms with Crippen LogP contribution in [0.25, 0.3) is 0 Å². The van der Waals surface area contributed by atoms with E-state index in [2.05, 4.69) is 9.97 Å². The molecule has 1 amide bonds. The number of hydrogen-bond donors (Lipinski definition) is 1. The molecular weight excluding hydrogens is 451 g/mol. The summed E-state index contributed by atoms with van der Waals surface area (Å²) in [6.07, 6.45) is 0.237. The van der Waals surface area contributed by atoms with E-state index < -0.39 is 12.1 Å². The van der Waals surface area contributed by atoms with Crippen molar-refractivity contribution in [3.8, 4) is 0 Å². The zero-order chi connectivity index (χ0) is 23.4. The van der Waals surface area contributed by atoms with Crippen LogP contribution in [-0.2, 0) is 20.9 Å². The molecule has 2 aromatic heterocycles.